The van der Waals surface area contributed by atoms with E-state index in [-0.39, 0.29) is 5.69 Å². The smallest absolute Gasteiger partial charge is 0.269 e. The maximum absolute atomic E-state index is 10.6. The third-order valence-corrected chi connectivity index (χ3v) is 3.82. The second-order valence-corrected chi connectivity index (χ2v) is 5.07. The number of rotatable bonds is 3. The number of nitrogens with zero attached hydrogens (tertiary/aromatic N) is 2. The molecule has 1 N–H and O–H groups in total. The van der Waals surface area contributed by atoms with Crippen molar-refractivity contribution in [3.05, 3.63) is 39.9 Å². The molecule has 1 aliphatic carbocycles. The van der Waals surface area contributed by atoms with Gasteiger partial charge in [-0.1, -0.05) is 31.4 Å². The highest BCUT2D eigenvalue weighted by atomic mass is 16.6. The number of nitro groups is 1. The zero-order valence-electron chi connectivity index (χ0n) is 10.6. The molecule has 2 rings (SSSR count). The standard InChI is InChI=1S/C14H16N2O3/c15-10-13(14(17)8-2-1-3-9-14)11-4-6-12(7-5-11)16(18)19/h4-7,13,17H,1-3,8-9H2. The molecule has 1 unspecified atom stereocenters. The Kier molecular flexibility index (Phi) is 3.82. The fourth-order valence-corrected chi connectivity index (χ4v) is 2.75. The molecule has 0 amide bonds. The van der Waals surface area contributed by atoms with Gasteiger partial charge in [0.2, 0.25) is 0 Å². The van der Waals surface area contributed by atoms with Crippen molar-refractivity contribution in [3.8, 4) is 6.07 Å². The van der Waals surface area contributed by atoms with Gasteiger partial charge < -0.3 is 5.11 Å². The van der Waals surface area contributed by atoms with Crippen LogP contribution in [0.25, 0.3) is 0 Å². The van der Waals surface area contributed by atoms with Gasteiger partial charge in [0, 0.05) is 12.1 Å². The normalized spacial score (nSPS) is 19.4. The lowest BCUT2D eigenvalue weighted by atomic mass is 9.73. The van der Waals surface area contributed by atoms with Crippen LogP contribution in [0.5, 0.6) is 0 Å². The van der Waals surface area contributed by atoms with Crippen molar-refractivity contribution in [3.63, 3.8) is 0 Å². The number of aliphatic hydroxyl groups is 1. The molecule has 1 atom stereocenters. The van der Waals surface area contributed by atoms with Crippen molar-refractivity contribution in [2.75, 3.05) is 0 Å². The summed E-state index contributed by atoms with van der Waals surface area (Å²) in [6, 6.07) is 8.06. The van der Waals surface area contributed by atoms with E-state index >= 15 is 0 Å². The van der Waals surface area contributed by atoms with Gasteiger partial charge in [-0.2, -0.15) is 5.26 Å². The molecule has 100 valence electrons. The largest absolute Gasteiger partial charge is 0.388 e. The Balaban J connectivity index is 2.26. The van der Waals surface area contributed by atoms with E-state index in [1.165, 1.54) is 12.1 Å². The fraction of sp³-hybridized carbons (Fsp3) is 0.500. The molecule has 5 heteroatoms. The summed E-state index contributed by atoms with van der Waals surface area (Å²) in [5.74, 6) is -0.617. The molecule has 0 heterocycles. The molecular weight excluding hydrogens is 244 g/mol. The van der Waals surface area contributed by atoms with Crippen LogP contribution in [-0.2, 0) is 0 Å². The highest BCUT2D eigenvalue weighted by Gasteiger charge is 2.39. The maximum atomic E-state index is 10.6. The third-order valence-electron chi connectivity index (χ3n) is 3.82. The number of hydrogen-bond donors (Lipinski definition) is 1. The lowest BCUT2D eigenvalue weighted by Gasteiger charge is -2.35. The Morgan fingerprint density at radius 1 is 1.26 bits per heavy atom. The van der Waals surface area contributed by atoms with Crippen molar-refractivity contribution < 1.29 is 10.0 Å². The molecule has 1 aliphatic rings. The molecule has 0 aromatic heterocycles. The van der Waals surface area contributed by atoms with Crippen molar-refractivity contribution in [1.29, 1.82) is 5.26 Å². The summed E-state index contributed by atoms with van der Waals surface area (Å²) in [4.78, 5) is 10.1. The van der Waals surface area contributed by atoms with E-state index in [9.17, 15) is 20.5 Å². The minimum Gasteiger partial charge on any atom is -0.388 e. The van der Waals surface area contributed by atoms with Gasteiger partial charge in [0.25, 0.3) is 5.69 Å². The first kappa shape index (κ1) is 13.5. The lowest BCUT2D eigenvalue weighted by molar-refractivity contribution is -0.384. The predicted molar refractivity (Wildman–Crippen MR) is 69.5 cm³/mol. The van der Waals surface area contributed by atoms with E-state index in [0.717, 1.165) is 19.3 Å². The van der Waals surface area contributed by atoms with Crippen molar-refractivity contribution in [2.24, 2.45) is 0 Å². The van der Waals surface area contributed by atoms with Crippen LogP contribution in [0, 0.1) is 21.4 Å². The van der Waals surface area contributed by atoms with E-state index in [1.54, 1.807) is 12.1 Å². The Bertz CT molecular complexity index is 498. The minimum atomic E-state index is -0.997. The van der Waals surface area contributed by atoms with Crippen molar-refractivity contribution >= 4 is 5.69 Å². The molecule has 5 nitrogen and oxygen atoms in total. The summed E-state index contributed by atoms with van der Waals surface area (Å²) >= 11 is 0. The van der Waals surface area contributed by atoms with Crippen LogP contribution in [0.3, 0.4) is 0 Å². The Hall–Kier alpha value is -1.93. The molecule has 0 aliphatic heterocycles. The van der Waals surface area contributed by atoms with E-state index in [2.05, 4.69) is 6.07 Å². The van der Waals surface area contributed by atoms with Gasteiger partial charge in [-0.05, 0) is 18.4 Å². The van der Waals surface area contributed by atoms with Crippen molar-refractivity contribution in [2.45, 2.75) is 43.6 Å². The number of benzene rings is 1. The van der Waals surface area contributed by atoms with Gasteiger partial charge in [-0.3, -0.25) is 10.1 Å². The Labute approximate surface area is 111 Å². The number of nitro benzene ring substituents is 1. The van der Waals surface area contributed by atoms with Crippen LogP contribution in [0.2, 0.25) is 0 Å². The number of hydrogen-bond acceptors (Lipinski definition) is 4. The Morgan fingerprint density at radius 3 is 2.32 bits per heavy atom. The van der Waals surface area contributed by atoms with E-state index < -0.39 is 16.4 Å². The molecule has 1 aromatic carbocycles. The summed E-state index contributed by atoms with van der Waals surface area (Å²) in [6.07, 6.45) is 4.15. The van der Waals surface area contributed by atoms with Gasteiger partial charge in [-0.25, -0.2) is 0 Å². The average molecular weight is 260 g/mol. The first-order chi connectivity index (χ1) is 9.07. The second-order valence-electron chi connectivity index (χ2n) is 5.07. The van der Waals surface area contributed by atoms with E-state index in [4.69, 9.17) is 0 Å². The minimum absolute atomic E-state index is 0.00364. The molecular formula is C14H16N2O3. The fourth-order valence-electron chi connectivity index (χ4n) is 2.75. The molecule has 0 spiro atoms. The summed E-state index contributed by atoms with van der Waals surface area (Å²) in [5.41, 5.74) is -0.350. The average Bonchev–Trinajstić information content (AvgIpc) is 2.40. The SMILES string of the molecule is N#CC(c1ccc([N+](=O)[O-])cc1)C1(O)CCCCC1. The summed E-state index contributed by atoms with van der Waals surface area (Å²) in [7, 11) is 0. The van der Waals surface area contributed by atoms with Crippen molar-refractivity contribution in [1.82, 2.24) is 0 Å². The molecule has 0 radical (unpaired) electrons. The lowest BCUT2D eigenvalue weighted by Crippen LogP contribution is -2.37. The molecule has 1 aromatic rings. The molecule has 1 fully saturated rings. The van der Waals surface area contributed by atoms with Crippen LogP contribution in [0.1, 0.15) is 43.6 Å². The van der Waals surface area contributed by atoms with E-state index in [1.807, 2.05) is 0 Å². The molecule has 0 saturated heterocycles. The van der Waals surface area contributed by atoms with Crippen LogP contribution in [0.4, 0.5) is 5.69 Å². The quantitative estimate of drug-likeness (QED) is 0.668. The highest BCUT2D eigenvalue weighted by molar-refractivity contribution is 5.37. The molecule has 0 bridgehead atoms. The van der Waals surface area contributed by atoms with Crippen LogP contribution < -0.4 is 0 Å². The van der Waals surface area contributed by atoms with Gasteiger partial charge in [0.05, 0.1) is 22.5 Å². The second kappa shape index (κ2) is 5.37. The summed E-state index contributed by atoms with van der Waals surface area (Å²) in [6.45, 7) is 0. The van der Waals surface area contributed by atoms with Gasteiger partial charge >= 0.3 is 0 Å². The predicted octanol–water partition coefficient (Wildman–Crippen LogP) is 2.90. The monoisotopic (exact) mass is 260 g/mol. The van der Waals surface area contributed by atoms with Crippen LogP contribution in [0.15, 0.2) is 24.3 Å². The van der Waals surface area contributed by atoms with Crippen LogP contribution >= 0.6 is 0 Å². The first-order valence-electron chi connectivity index (χ1n) is 6.43. The van der Waals surface area contributed by atoms with Crippen LogP contribution in [-0.4, -0.2) is 15.6 Å². The summed E-state index contributed by atoms with van der Waals surface area (Å²) in [5, 5.41) is 30.5. The first-order valence-corrected chi connectivity index (χ1v) is 6.43. The maximum Gasteiger partial charge on any atom is 0.269 e. The summed E-state index contributed by atoms with van der Waals surface area (Å²) < 4.78 is 0. The van der Waals surface area contributed by atoms with Gasteiger partial charge in [0.15, 0.2) is 0 Å². The molecule has 1 saturated carbocycles. The van der Waals surface area contributed by atoms with Gasteiger partial charge in [-0.15, -0.1) is 0 Å². The zero-order chi connectivity index (χ0) is 13.9. The molecule has 19 heavy (non-hydrogen) atoms. The number of non-ortho nitro benzene ring substituents is 1. The third kappa shape index (κ3) is 2.74. The topological polar surface area (TPSA) is 87.2 Å². The number of nitriles is 1. The zero-order valence-corrected chi connectivity index (χ0v) is 10.6. The Morgan fingerprint density at radius 2 is 1.84 bits per heavy atom. The van der Waals surface area contributed by atoms with E-state index in [0.29, 0.717) is 18.4 Å². The highest BCUT2D eigenvalue weighted by Crippen LogP contribution is 2.39. The van der Waals surface area contributed by atoms with Gasteiger partial charge in [0.1, 0.15) is 0 Å².